The van der Waals surface area contributed by atoms with Crippen LogP contribution in [0.4, 0.5) is 8.78 Å². The summed E-state index contributed by atoms with van der Waals surface area (Å²) in [6.07, 6.45) is 7.66. The van der Waals surface area contributed by atoms with Gasteiger partial charge in [0.15, 0.2) is 0 Å². The number of likely N-dealkylation sites (tertiary alicyclic amines) is 1. The monoisotopic (exact) mass is 867 g/mol. The van der Waals surface area contributed by atoms with E-state index in [1.54, 1.807) is 47.4 Å². The first-order chi connectivity index (χ1) is 28.8. The molecule has 2 aliphatic carbocycles. The Morgan fingerprint density at radius 1 is 1.02 bits per heavy atom. The number of ether oxygens (including phenoxy) is 1. The number of esters is 1. The first-order valence-electron chi connectivity index (χ1n) is 21.6. The number of rotatable bonds is 14. The Hall–Kier alpha value is -3.91. The number of fused-ring (bicyclic) bond motifs is 2. The smallest absolute Gasteiger partial charge is 0.355 e. The van der Waals surface area contributed by atoms with Gasteiger partial charge in [0.05, 0.1) is 11.5 Å². The van der Waals surface area contributed by atoms with Crippen LogP contribution in [0.25, 0.3) is 10.1 Å². The number of hydrogen-bond acceptors (Lipinski definition) is 9. The molecule has 8 rings (SSSR count). The van der Waals surface area contributed by atoms with E-state index in [1.807, 2.05) is 18.9 Å². The van der Waals surface area contributed by atoms with Crippen molar-refractivity contribution in [2.24, 2.45) is 0 Å². The van der Waals surface area contributed by atoms with Crippen molar-refractivity contribution < 1.29 is 41.8 Å². The summed E-state index contributed by atoms with van der Waals surface area (Å²) in [4.78, 5) is 62.0. The molecule has 0 bridgehead atoms. The molecule has 3 amide bonds. The molecule has 2 aromatic carbocycles. The lowest BCUT2D eigenvalue weighted by molar-refractivity contribution is -0.148. The standard InChI is InChI=1S/C44H56F2N5O7PS/c1-4-21-57-43(55)27(2)48-59(56,58-34-9-6-5-7-10-34)39(46)28-11-16-37-29(22-28)23-38(60-37)40(52)47-35-14-12-31(49(3)33-24-30(45)25-33)26-32-13-15-36(51(32)41(35)53)42(54)50-20-8-17-44(50)18-19-44/h5-7,9-11,16,22-23,27,30-33,35-36,39H,4,8,12-15,17-21,24-26H2,1-3H3,(H,47,52)(H,48,56)/t27-,30?,31-,32+,33?,35-,36-,39+,59?/m0/s1. The number of benzene rings is 2. The minimum atomic E-state index is -4.46. The minimum absolute atomic E-state index is 0.0157. The number of carbonyl (C=O) groups excluding carboxylic acids is 4. The summed E-state index contributed by atoms with van der Waals surface area (Å²) in [7, 11) is -2.44. The van der Waals surface area contributed by atoms with Crippen LogP contribution < -0.4 is 14.9 Å². The Morgan fingerprint density at radius 2 is 1.78 bits per heavy atom. The largest absolute Gasteiger partial charge is 0.465 e. The van der Waals surface area contributed by atoms with Crippen molar-refractivity contribution in [3.8, 4) is 5.75 Å². The van der Waals surface area contributed by atoms with Crippen molar-refractivity contribution in [2.75, 3.05) is 20.2 Å². The fourth-order valence-electron chi connectivity index (χ4n) is 9.74. The van der Waals surface area contributed by atoms with Gasteiger partial charge < -0.3 is 29.3 Å². The fraction of sp³-hybridized carbons (Fsp3) is 0.591. The maximum absolute atomic E-state index is 16.6. The second-order valence-corrected chi connectivity index (χ2v) is 20.6. The molecule has 5 fully saturated rings. The zero-order valence-corrected chi connectivity index (χ0v) is 36.2. The van der Waals surface area contributed by atoms with E-state index in [2.05, 4.69) is 15.3 Å². The number of hydrogen-bond donors (Lipinski definition) is 2. The second-order valence-electron chi connectivity index (χ2n) is 17.5. The minimum Gasteiger partial charge on any atom is -0.465 e. The van der Waals surface area contributed by atoms with Gasteiger partial charge in [-0.25, -0.2) is 13.9 Å². The first-order valence-corrected chi connectivity index (χ1v) is 24.1. The van der Waals surface area contributed by atoms with Gasteiger partial charge in [0.2, 0.25) is 17.7 Å². The average molecular weight is 868 g/mol. The van der Waals surface area contributed by atoms with Gasteiger partial charge in [0, 0.05) is 34.9 Å². The van der Waals surface area contributed by atoms with Gasteiger partial charge in [-0.1, -0.05) is 31.2 Å². The molecule has 60 heavy (non-hydrogen) atoms. The van der Waals surface area contributed by atoms with Crippen molar-refractivity contribution in [2.45, 2.75) is 145 Å². The molecular weight excluding hydrogens is 812 g/mol. The molecule has 7 atom stereocenters. The number of amides is 3. The van der Waals surface area contributed by atoms with E-state index in [9.17, 15) is 28.1 Å². The van der Waals surface area contributed by atoms with Crippen molar-refractivity contribution in [1.82, 2.24) is 25.1 Å². The van der Waals surface area contributed by atoms with Crippen molar-refractivity contribution in [3.05, 3.63) is 65.0 Å². The van der Waals surface area contributed by atoms with Gasteiger partial charge in [-0.3, -0.25) is 23.7 Å². The number of halogens is 2. The summed E-state index contributed by atoms with van der Waals surface area (Å²) in [5.74, 6) is -3.44. The topological polar surface area (TPSA) is 138 Å². The zero-order valence-electron chi connectivity index (χ0n) is 34.5. The van der Waals surface area contributed by atoms with Gasteiger partial charge in [0.25, 0.3) is 5.91 Å². The van der Waals surface area contributed by atoms with E-state index < -0.39 is 49.6 Å². The van der Waals surface area contributed by atoms with E-state index in [0.29, 0.717) is 72.9 Å². The van der Waals surface area contributed by atoms with E-state index in [0.717, 1.165) is 25.7 Å². The highest BCUT2D eigenvalue weighted by molar-refractivity contribution is 7.57. The molecule has 16 heteroatoms. The van der Waals surface area contributed by atoms with E-state index in [4.69, 9.17) is 9.26 Å². The highest BCUT2D eigenvalue weighted by Crippen LogP contribution is 2.58. The van der Waals surface area contributed by atoms with Gasteiger partial charge in [-0.05, 0) is 132 Å². The van der Waals surface area contributed by atoms with Crippen molar-refractivity contribution in [1.29, 1.82) is 0 Å². The van der Waals surface area contributed by atoms with Crippen molar-refractivity contribution >= 4 is 52.6 Å². The summed E-state index contributed by atoms with van der Waals surface area (Å²) in [5, 5.41) is 6.15. The summed E-state index contributed by atoms with van der Waals surface area (Å²) in [6.45, 7) is 4.14. The van der Waals surface area contributed by atoms with Crippen LogP contribution in [-0.4, -0.2) is 107 Å². The molecule has 5 aliphatic rings. The Balaban J connectivity index is 1.02. The molecule has 2 N–H and O–H groups in total. The van der Waals surface area contributed by atoms with Crippen LogP contribution in [0.1, 0.15) is 112 Å². The number of nitrogens with zero attached hydrogens (tertiary/aromatic N) is 3. The molecule has 4 heterocycles. The second kappa shape index (κ2) is 17.5. The molecular formula is C44H56F2N5O7PS. The molecule has 3 saturated heterocycles. The quantitative estimate of drug-likeness (QED) is 0.124. The fourth-order valence-corrected chi connectivity index (χ4v) is 12.6. The maximum Gasteiger partial charge on any atom is 0.355 e. The number of nitrogens with one attached hydrogen (secondary N) is 2. The van der Waals surface area contributed by atoms with Crippen LogP contribution in [0.2, 0.25) is 0 Å². The highest BCUT2D eigenvalue weighted by atomic mass is 32.1. The number of para-hydroxylation sites is 1. The third kappa shape index (κ3) is 8.61. The Morgan fingerprint density at radius 3 is 2.50 bits per heavy atom. The number of carbonyl (C=O) groups is 4. The normalized spacial score (nSPS) is 28.0. The highest BCUT2D eigenvalue weighted by Gasteiger charge is 2.56. The Labute approximate surface area is 354 Å². The van der Waals surface area contributed by atoms with Crippen LogP contribution in [0, 0.1) is 0 Å². The van der Waals surface area contributed by atoms with Gasteiger partial charge in [0.1, 0.15) is 30.0 Å². The summed E-state index contributed by atoms with van der Waals surface area (Å²) in [6, 6.07) is 11.8. The summed E-state index contributed by atoms with van der Waals surface area (Å²) < 4.78 is 56.6. The SMILES string of the molecule is CCCOC(=O)[C@H](C)NP(=O)(Oc1ccccc1)[C@@H](F)c1ccc2sc(C(=O)N[C@H]3CC[C@H](N(C)C4CC(F)C4)C[C@H]4CC[C@@H](C(=O)N5CCCC56CC6)N4C3=O)cc2c1. The van der Waals surface area contributed by atoms with Crippen LogP contribution in [-0.2, 0) is 23.7 Å². The van der Waals surface area contributed by atoms with Gasteiger partial charge in [-0.15, -0.1) is 11.3 Å². The Kier molecular flexibility index (Phi) is 12.4. The van der Waals surface area contributed by atoms with E-state index >= 15 is 4.39 Å². The van der Waals surface area contributed by atoms with Gasteiger partial charge in [-0.2, -0.15) is 0 Å². The van der Waals surface area contributed by atoms with Crippen LogP contribution in [0.15, 0.2) is 54.6 Å². The Bertz CT molecular complexity index is 2130. The predicted octanol–water partition coefficient (Wildman–Crippen LogP) is 7.67. The lowest BCUT2D eigenvalue weighted by atomic mass is 9.86. The molecule has 3 aromatic rings. The molecule has 0 radical (unpaired) electrons. The van der Waals surface area contributed by atoms with E-state index in [1.165, 1.54) is 30.4 Å². The molecule has 2 saturated carbocycles. The molecule has 1 spiro atoms. The van der Waals surface area contributed by atoms with Crippen molar-refractivity contribution in [3.63, 3.8) is 0 Å². The third-order valence-electron chi connectivity index (χ3n) is 13.4. The summed E-state index contributed by atoms with van der Waals surface area (Å²) >= 11 is 1.18. The maximum atomic E-state index is 16.6. The molecule has 324 valence electrons. The lowest BCUT2D eigenvalue weighted by Gasteiger charge is -2.45. The third-order valence-corrected chi connectivity index (χ3v) is 16.6. The van der Waals surface area contributed by atoms with Crippen LogP contribution >= 0.6 is 18.9 Å². The molecule has 1 unspecified atom stereocenters. The average Bonchev–Trinajstić information content (AvgIpc) is 3.50. The molecule has 3 aliphatic heterocycles. The molecule has 12 nitrogen and oxygen atoms in total. The lowest BCUT2D eigenvalue weighted by Crippen LogP contribution is -2.59. The van der Waals surface area contributed by atoms with Crippen LogP contribution in [0.5, 0.6) is 5.75 Å². The zero-order chi connectivity index (χ0) is 42.3. The van der Waals surface area contributed by atoms with E-state index in [-0.39, 0.29) is 53.4 Å². The van der Waals surface area contributed by atoms with Crippen LogP contribution in [0.3, 0.4) is 0 Å². The van der Waals surface area contributed by atoms with Gasteiger partial charge >= 0.3 is 13.5 Å². The predicted molar refractivity (Wildman–Crippen MR) is 225 cm³/mol. The first kappa shape index (κ1) is 42.8. The molecule has 1 aromatic heterocycles. The number of thiophene rings is 1. The summed E-state index contributed by atoms with van der Waals surface area (Å²) in [5.41, 5.74) is -0.0396. The number of alkyl halides is 2.